The second-order valence-corrected chi connectivity index (χ2v) is 7.34. The first-order chi connectivity index (χ1) is 9.65. The van der Waals surface area contributed by atoms with E-state index in [0.717, 1.165) is 16.9 Å². The zero-order valence-corrected chi connectivity index (χ0v) is 13.4. The Hall–Kier alpha value is -0.530. The van der Waals surface area contributed by atoms with Crippen molar-refractivity contribution >= 4 is 11.6 Å². The van der Waals surface area contributed by atoms with Gasteiger partial charge >= 0.3 is 0 Å². The average molecular weight is 292 g/mol. The molecule has 2 heteroatoms. The van der Waals surface area contributed by atoms with E-state index in [-0.39, 0.29) is 0 Å². The molecule has 110 valence electrons. The van der Waals surface area contributed by atoms with Gasteiger partial charge in [-0.15, -0.1) is 0 Å². The second kappa shape index (κ2) is 6.07. The van der Waals surface area contributed by atoms with Crippen LogP contribution < -0.4 is 5.32 Å². The van der Waals surface area contributed by atoms with Crippen molar-refractivity contribution in [2.75, 3.05) is 0 Å². The van der Waals surface area contributed by atoms with Crippen molar-refractivity contribution in [3.63, 3.8) is 0 Å². The van der Waals surface area contributed by atoms with E-state index in [0.29, 0.717) is 12.1 Å². The molecule has 0 bridgehead atoms. The maximum absolute atomic E-state index is 6.11. The Morgan fingerprint density at radius 3 is 2.75 bits per heavy atom. The van der Waals surface area contributed by atoms with Gasteiger partial charge in [-0.05, 0) is 60.8 Å². The molecule has 1 aromatic rings. The van der Waals surface area contributed by atoms with Crippen LogP contribution in [0.5, 0.6) is 0 Å². The Morgan fingerprint density at radius 2 is 1.95 bits per heavy atom. The van der Waals surface area contributed by atoms with Crippen LogP contribution in [0.3, 0.4) is 0 Å². The van der Waals surface area contributed by atoms with E-state index in [4.69, 9.17) is 11.6 Å². The minimum Gasteiger partial charge on any atom is -0.307 e. The third-order valence-corrected chi connectivity index (χ3v) is 5.51. The van der Waals surface area contributed by atoms with E-state index in [1.54, 1.807) is 0 Å². The van der Waals surface area contributed by atoms with E-state index < -0.39 is 0 Å². The molecule has 3 atom stereocenters. The number of fused-ring (bicyclic) bond motifs is 1. The molecule has 1 nitrogen and oxygen atoms in total. The number of nitrogens with one attached hydrogen (secondary N) is 1. The number of hydrogen-bond donors (Lipinski definition) is 1. The van der Waals surface area contributed by atoms with Crippen LogP contribution in [0, 0.1) is 11.8 Å². The lowest BCUT2D eigenvalue weighted by Crippen LogP contribution is -2.42. The first-order valence-corrected chi connectivity index (χ1v) is 8.57. The highest BCUT2D eigenvalue weighted by molar-refractivity contribution is 6.30. The van der Waals surface area contributed by atoms with Crippen molar-refractivity contribution < 1.29 is 0 Å². The fourth-order valence-corrected chi connectivity index (χ4v) is 4.38. The Labute approximate surface area is 128 Å². The molecule has 1 aromatic carbocycles. The standard InChI is InChI=1S/C18H26ClN/c1-12(2)15-5-3-4-6-17(15)20-18-10-7-13-11-14(19)8-9-16(13)18/h8-9,11-12,15,17-18,20H,3-7,10H2,1-2H3. The highest BCUT2D eigenvalue weighted by atomic mass is 35.5. The largest absolute Gasteiger partial charge is 0.307 e. The van der Waals surface area contributed by atoms with Crippen LogP contribution >= 0.6 is 11.6 Å². The molecule has 0 saturated heterocycles. The summed E-state index contributed by atoms with van der Waals surface area (Å²) in [6, 6.07) is 7.68. The maximum atomic E-state index is 6.11. The van der Waals surface area contributed by atoms with E-state index in [2.05, 4.69) is 31.3 Å². The van der Waals surface area contributed by atoms with Crippen LogP contribution in [0.1, 0.15) is 63.1 Å². The quantitative estimate of drug-likeness (QED) is 0.814. The summed E-state index contributed by atoms with van der Waals surface area (Å²) in [6.07, 6.45) is 7.96. The van der Waals surface area contributed by atoms with Gasteiger partial charge in [-0.2, -0.15) is 0 Å². The number of rotatable bonds is 3. The number of halogens is 1. The zero-order valence-electron chi connectivity index (χ0n) is 12.7. The summed E-state index contributed by atoms with van der Waals surface area (Å²) in [5, 5.41) is 4.86. The summed E-state index contributed by atoms with van der Waals surface area (Å²) in [7, 11) is 0. The SMILES string of the molecule is CC(C)C1CCCCC1NC1CCc2cc(Cl)ccc21. The van der Waals surface area contributed by atoms with Gasteiger partial charge < -0.3 is 5.32 Å². The molecule has 0 aromatic heterocycles. The molecular weight excluding hydrogens is 266 g/mol. The molecule has 2 aliphatic rings. The van der Waals surface area contributed by atoms with Crippen LogP contribution in [-0.4, -0.2) is 6.04 Å². The highest BCUT2D eigenvalue weighted by Gasteiger charge is 2.31. The lowest BCUT2D eigenvalue weighted by atomic mass is 9.77. The van der Waals surface area contributed by atoms with Gasteiger partial charge in [0.2, 0.25) is 0 Å². The van der Waals surface area contributed by atoms with Gasteiger partial charge in [-0.1, -0.05) is 44.4 Å². The zero-order chi connectivity index (χ0) is 14.1. The van der Waals surface area contributed by atoms with Crippen LogP contribution in [-0.2, 0) is 6.42 Å². The molecule has 2 aliphatic carbocycles. The number of hydrogen-bond acceptors (Lipinski definition) is 1. The normalized spacial score (nSPS) is 29.7. The molecule has 3 unspecified atom stereocenters. The molecule has 0 amide bonds. The van der Waals surface area contributed by atoms with Crippen molar-refractivity contribution in [2.24, 2.45) is 11.8 Å². The molecule has 1 fully saturated rings. The topological polar surface area (TPSA) is 12.0 Å². The summed E-state index contributed by atoms with van der Waals surface area (Å²) in [6.45, 7) is 4.76. The minimum absolute atomic E-state index is 0.548. The summed E-state index contributed by atoms with van der Waals surface area (Å²) in [5.74, 6) is 1.64. The van der Waals surface area contributed by atoms with Gasteiger partial charge in [-0.3, -0.25) is 0 Å². The van der Waals surface area contributed by atoms with Crippen LogP contribution in [0.25, 0.3) is 0 Å². The minimum atomic E-state index is 0.548. The van der Waals surface area contributed by atoms with E-state index in [1.165, 1.54) is 49.7 Å². The van der Waals surface area contributed by atoms with Crippen LogP contribution in [0.15, 0.2) is 18.2 Å². The van der Waals surface area contributed by atoms with Crippen LogP contribution in [0.2, 0.25) is 5.02 Å². The third kappa shape index (κ3) is 2.89. The molecule has 1 saturated carbocycles. The Bertz CT molecular complexity index is 468. The van der Waals surface area contributed by atoms with Gasteiger partial charge in [-0.25, -0.2) is 0 Å². The molecule has 0 heterocycles. The Balaban J connectivity index is 1.72. The summed E-state index contributed by atoms with van der Waals surface area (Å²) < 4.78 is 0. The molecular formula is C18H26ClN. The van der Waals surface area contributed by atoms with E-state index >= 15 is 0 Å². The van der Waals surface area contributed by atoms with E-state index in [1.807, 2.05) is 6.07 Å². The summed E-state index contributed by atoms with van der Waals surface area (Å²) >= 11 is 6.11. The van der Waals surface area contributed by atoms with Gasteiger partial charge in [0.1, 0.15) is 0 Å². The molecule has 3 rings (SSSR count). The van der Waals surface area contributed by atoms with Crippen molar-refractivity contribution in [1.82, 2.24) is 5.32 Å². The van der Waals surface area contributed by atoms with Gasteiger partial charge in [0.05, 0.1) is 0 Å². The second-order valence-electron chi connectivity index (χ2n) is 6.90. The van der Waals surface area contributed by atoms with E-state index in [9.17, 15) is 0 Å². The van der Waals surface area contributed by atoms with Gasteiger partial charge in [0, 0.05) is 17.1 Å². The van der Waals surface area contributed by atoms with Crippen molar-refractivity contribution in [2.45, 2.75) is 64.5 Å². The monoisotopic (exact) mass is 291 g/mol. The maximum Gasteiger partial charge on any atom is 0.0408 e. The predicted molar refractivity (Wildman–Crippen MR) is 86.2 cm³/mol. The Kier molecular flexibility index (Phi) is 4.37. The van der Waals surface area contributed by atoms with Gasteiger partial charge in [0.15, 0.2) is 0 Å². The van der Waals surface area contributed by atoms with Crippen LogP contribution in [0.4, 0.5) is 0 Å². The first kappa shape index (κ1) is 14.4. The number of aryl methyl sites for hydroxylation is 1. The third-order valence-electron chi connectivity index (χ3n) is 5.27. The number of benzene rings is 1. The van der Waals surface area contributed by atoms with Gasteiger partial charge in [0.25, 0.3) is 0 Å². The van der Waals surface area contributed by atoms with Crippen molar-refractivity contribution in [3.8, 4) is 0 Å². The molecule has 0 radical (unpaired) electrons. The first-order valence-electron chi connectivity index (χ1n) is 8.19. The lowest BCUT2D eigenvalue weighted by Gasteiger charge is -2.37. The highest BCUT2D eigenvalue weighted by Crippen LogP contribution is 2.37. The lowest BCUT2D eigenvalue weighted by molar-refractivity contribution is 0.192. The smallest absolute Gasteiger partial charge is 0.0408 e. The predicted octanol–water partition coefficient (Wildman–Crippen LogP) is 5.13. The fourth-order valence-electron chi connectivity index (χ4n) is 4.18. The van der Waals surface area contributed by atoms with Crippen molar-refractivity contribution in [3.05, 3.63) is 34.3 Å². The Morgan fingerprint density at radius 1 is 1.15 bits per heavy atom. The fraction of sp³-hybridized carbons (Fsp3) is 0.667. The molecule has 0 spiro atoms. The summed E-state index contributed by atoms with van der Waals surface area (Å²) in [5.41, 5.74) is 2.94. The molecule has 20 heavy (non-hydrogen) atoms. The summed E-state index contributed by atoms with van der Waals surface area (Å²) in [4.78, 5) is 0. The molecule has 1 N–H and O–H groups in total. The average Bonchev–Trinajstić information content (AvgIpc) is 2.81. The van der Waals surface area contributed by atoms with Crippen molar-refractivity contribution in [1.29, 1.82) is 0 Å². The molecule has 0 aliphatic heterocycles.